The summed E-state index contributed by atoms with van der Waals surface area (Å²) < 4.78 is 0. The molecule has 0 aromatic heterocycles. The van der Waals surface area contributed by atoms with Gasteiger partial charge in [-0.15, -0.1) is 0 Å². The third-order valence-electron chi connectivity index (χ3n) is 3.69. The molecule has 0 saturated carbocycles. The SMILES string of the molecule is CC(N)(C(=O)NC1CCCCNC1=O)c1ccccc1. The summed E-state index contributed by atoms with van der Waals surface area (Å²) in [6, 6.07) is 8.69. The van der Waals surface area contributed by atoms with Gasteiger partial charge in [0.25, 0.3) is 0 Å². The molecule has 2 amide bonds. The Morgan fingerprint density at radius 2 is 2.05 bits per heavy atom. The van der Waals surface area contributed by atoms with Gasteiger partial charge in [-0.3, -0.25) is 9.59 Å². The van der Waals surface area contributed by atoms with Crippen LogP contribution in [0.15, 0.2) is 30.3 Å². The largest absolute Gasteiger partial charge is 0.354 e. The van der Waals surface area contributed by atoms with Crippen LogP contribution in [0, 0.1) is 0 Å². The monoisotopic (exact) mass is 275 g/mol. The first-order valence-electron chi connectivity index (χ1n) is 6.95. The number of nitrogens with one attached hydrogen (secondary N) is 2. The summed E-state index contributed by atoms with van der Waals surface area (Å²) in [5.74, 6) is -0.453. The molecule has 0 aliphatic carbocycles. The lowest BCUT2D eigenvalue weighted by atomic mass is 9.92. The topological polar surface area (TPSA) is 84.2 Å². The maximum Gasteiger partial charge on any atom is 0.245 e. The lowest BCUT2D eigenvalue weighted by Crippen LogP contribution is -2.55. The third-order valence-corrected chi connectivity index (χ3v) is 3.69. The van der Waals surface area contributed by atoms with Crippen LogP contribution < -0.4 is 16.4 Å². The predicted molar refractivity (Wildman–Crippen MR) is 76.8 cm³/mol. The maximum absolute atomic E-state index is 12.4. The minimum atomic E-state index is -1.14. The van der Waals surface area contributed by atoms with E-state index in [1.165, 1.54) is 0 Å². The minimum absolute atomic E-state index is 0.125. The van der Waals surface area contributed by atoms with Crippen molar-refractivity contribution in [3.63, 3.8) is 0 Å². The first-order valence-corrected chi connectivity index (χ1v) is 6.95. The molecule has 5 nitrogen and oxygen atoms in total. The van der Waals surface area contributed by atoms with Crippen molar-refractivity contribution in [3.8, 4) is 0 Å². The second-order valence-corrected chi connectivity index (χ2v) is 5.38. The predicted octanol–water partition coefficient (Wildman–Crippen LogP) is 0.645. The van der Waals surface area contributed by atoms with Crippen molar-refractivity contribution in [3.05, 3.63) is 35.9 Å². The van der Waals surface area contributed by atoms with E-state index < -0.39 is 11.6 Å². The molecule has 1 fully saturated rings. The summed E-state index contributed by atoms with van der Waals surface area (Å²) in [5, 5.41) is 5.57. The van der Waals surface area contributed by atoms with Gasteiger partial charge in [-0.1, -0.05) is 30.3 Å². The standard InChI is InChI=1S/C15H21N3O2/c1-15(16,11-7-3-2-4-8-11)14(20)18-12-9-5-6-10-17-13(12)19/h2-4,7-8,12H,5-6,9-10,16H2,1H3,(H,17,19)(H,18,20). The Balaban J connectivity index is 2.08. The Labute approximate surface area is 118 Å². The Hall–Kier alpha value is -1.88. The van der Waals surface area contributed by atoms with Crippen molar-refractivity contribution in [1.29, 1.82) is 0 Å². The highest BCUT2D eigenvalue weighted by Crippen LogP contribution is 2.18. The van der Waals surface area contributed by atoms with Crippen molar-refractivity contribution < 1.29 is 9.59 Å². The molecule has 1 aromatic rings. The number of hydrogen-bond donors (Lipinski definition) is 3. The number of benzene rings is 1. The van der Waals surface area contributed by atoms with E-state index in [0.717, 1.165) is 18.4 Å². The molecule has 2 unspecified atom stereocenters. The van der Waals surface area contributed by atoms with Gasteiger partial charge >= 0.3 is 0 Å². The van der Waals surface area contributed by atoms with E-state index in [0.29, 0.717) is 13.0 Å². The van der Waals surface area contributed by atoms with Gasteiger partial charge in [-0.05, 0) is 31.7 Å². The zero-order valence-electron chi connectivity index (χ0n) is 11.7. The normalized spacial score (nSPS) is 22.3. The summed E-state index contributed by atoms with van der Waals surface area (Å²) in [6.07, 6.45) is 2.51. The highest BCUT2D eigenvalue weighted by Gasteiger charge is 2.33. The van der Waals surface area contributed by atoms with Gasteiger partial charge in [-0.25, -0.2) is 0 Å². The second-order valence-electron chi connectivity index (χ2n) is 5.38. The van der Waals surface area contributed by atoms with Crippen LogP contribution in [0.1, 0.15) is 31.7 Å². The van der Waals surface area contributed by atoms with Crippen molar-refractivity contribution >= 4 is 11.8 Å². The Morgan fingerprint density at radius 1 is 1.35 bits per heavy atom. The number of amides is 2. The first kappa shape index (κ1) is 14.5. The van der Waals surface area contributed by atoms with E-state index in [9.17, 15) is 9.59 Å². The number of carbonyl (C=O) groups excluding carboxylic acids is 2. The van der Waals surface area contributed by atoms with Crippen LogP contribution in [0.5, 0.6) is 0 Å². The quantitative estimate of drug-likeness (QED) is 0.757. The van der Waals surface area contributed by atoms with Gasteiger partial charge < -0.3 is 16.4 Å². The van der Waals surface area contributed by atoms with E-state index in [1.807, 2.05) is 30.3 Å². The highest BCUT2D eigenvalue weighted by molar-refractivity contribution is 5.92. The Kier molecular flexibility index (Phi) is 4.39. The number of carbonyl (C=O) groups is 2. The molecule has 4 N–H and O–H groups in total. The molecular weight excluding hydrogens is 254 g/mol. The van der Waals surface area contributed by atoms with Crippen LogP contribution in [-0.2, 0) is 15.1 Å². The molecule has 5 heteroatoms. The van der Waals surface area contributed by atoms with Crippen LogP contribution in [0.2, 0.25) is 0 Å². The fourth-order valence-corrected chi connectivity index (χ4v) is 2.30. The Morgan fingerprint density at radius 3 is 2.75 bits per heavy atom. The molecule has 2 rings (SSSR count). The molecule has 108 valence electrons. The van der Waals surface area contributed by atoms with E-state index in [4.69, 9.17) is 5.73 Å². The lowest BCUT2D eigenvalue weighted by molar-refractivity contribution is -0.131. The highest BCUT2D eigenvalue weighted by atomic mass is 16.2. The third kappa shape index (κ3) is 3.17. The molecule has 1 heterocycles. The smallest absolute Gasteiger partial charge is 0.245 e. The van der Waals surface area contributed by atoms with Gasteiger partial charge in [0.2, 0.25) is 11.8 Å². The molecule has 1 saturated heterocycles. The average molecular weight is 275 g/mol. The van der Waals surface area contributed by atoms with Gasteiger partial charge in [0.05, 0.1) is 0 Å². The van der Waals surface area contributed by atoms with Crippen molar-refractivity contribution in [2.75, 3.05) is 6.54 Å². The lowest BCUT2D eigenvalue weighted by Gasteiger charge is -2.26. The van der Waals surface area contributed by atoms with Crippen molar-refractivity contribution in [2.45, 2.75) is 37.8 Å². The van der Waals surface area contributed by atoms with E-state index in [2.05, 4.69) is 10.6 Å². The molecule has 0 spiro atoms. The van der Waals surface area contributed by atoms with Crippen LogP contribution in [-0.4, -0.2) is 24.4 Å². The fourth-order valence-electron chi connectivity index (χ4n) is 2.30. The van der Waals surface area contributed by atoms with E-state index >= 15 is 0 Å². The Bertz CT molecular complexity index is 485. The fraction of sp³-hybridized carbons (Fsp3) is 0.467. The van der Waals surface area contributed by atoms with Crippen molar-refractivity contribution in [2.24, 2.45) is 5.73 Å². The average Bonchev–Trinajstić information content (AvgIpc) is 2.65. The van der Waals surface area contributed by atoms with Crippen LogP contribution in [0.4, 0.5) is 0 Å². The van der Waals surface area contributed by atoms with Crippen LogP contribution in [0.25, 0.3) is 0 Å². The van der Waals surface area contributed by atoms with Gasteiger partial charge in [0.1, 0.15) is 11.6 Å². The van der Waals surface area contributed by atoms with Crippen LogP contribution in [0.3, 0.4) is 0 Å². The zero-order valence-corrected chi connectivity index (χ0v) is 11.7. The summed E-state index contributed by atoms with van der Waals surface area (Å²) in [7, 11) is 0. The van der Waals surface area contributed by atoms with Gasteiger partial charge in [0, 0.05) is 6.54 Å². The number of rotatable bonds is 3. The van der Waals surface area contributed by atoms with Crippen LogP contribution >= 0.6 is 0 Å². The summed E-state index contributed by atoms with van der Waals surface area (Å²) in [6.45, 7) is 2.33. The van der Waals surface area contributed by atoms with E-state index in [-0.39, 0.29) is 11.8 Å². The molecular formula is C15H21N3O2. The number of hydrogen-bond acceptors (Lipinski definition) is 3. The molecule has 0 radical (unpaired) electrons. The zero-order chi connectivity index (χ0) is 14.6. The van der Waals surface area contributed by atoms with Crippen molar-refractivity contribution in [1.82, 2.24) is 10.6 Å². The van der Waals surface area contributed by atoms with Gasteiger partial charge in [0.15, 0.2) is 0 Å². The summed E-state index contributed by atoms with van der Waals surface area (Å²) >= 11 is 0. The molecule has 0 bridgehead atoms. The first-order chi connectivity index (χ1) is 9.51. The molecule has 20 heavy (non-hydrogen) atoms. The molecule has 1 aliphatic rings. The minimum Gasteiger partial charge on any atom is -0.354 e. The summed E-state index contributed by atoms with van der Waals surface area (Å²) in [5.41, 5.74) is 5.72. The number of nitrogens with two attached hydrogens (primary N) is 1. The molecule has 2 atom stereocenters. The van der Waals surface area contributed by atoms with Gasteiger partial charge in [-0.2, -0.15) is 0 Å². The maximum atomic E-state index is 12.4. The van der Waals surface area contributed by atoms with E-state index in [1.54, 1.807) is 6.92 Å². The molecule has 1 aromatic carbocycles. The summed E-state index contributed by atoms with van der Waals surface area (Å²) in [4.78, 5) is 24.2. The molecule has 1 aliphatic heterocycles. The second kappa shape index (κ2) is 6.05.